The van der Waals surface area contributed by atoms with Crippen LogP contribution >= 0.6 is 0 Å². The number of rotatable bonds is 3. The molecule has 3 atom stereocenters. The number of amides is 1. The van der Waals surface area contributed by atoms with Gasteiger partial charge >= 0.3 is 0 Å². The molecule has 1 aromatic heterocycles. The Kier molecular flexibility index (Phi) is 4.18. The molecule has 1 amide bonds. The summed E-state index contributed by atoms with van der Waals surface area (Å²) in [5, 5.41) is 7.28. The first-order chi connectivity index (χ1) is 9.33. The lowest BCUT2D eigenvalue weighted by Gasteiger charge is -2.36. The first-order valence-corrected chi connectivity index (χ1v) is 7.42. The van der Waals surface area contributed by atoms with Crippen LogP contribution in [0.1, 0.15) is 56.8 Å². The largest absolute Gasteiger partial charge is 0.348 e. The van der Waals surface area contributed by atoms with E-state index in [4.69, 9.17) is 5.73 Å². The maximum atomic E-state index is 12.5. The van der Waals surface area contributed by atoms with E-state index in [9.17, 15) is 4.79 Å². The minimum atomic E-state index is -0.706. The Morgan fingerprint density at radius 1 is 1.65 bits per heavy atom. The van der Waals surface area contributed by atoms with Gasteiger partial charge in [0.15, 0.2) is 0 Å². The van der Waals surface area contributed by atoms with Crippen LogP contribution < -0.4 is 11.1 Å². The molecule has 2 rings (SSSR count). The number of nitrogens with one attached hydrogen (secondary N) is 1. The molecule has 1 aliphatic rings. The molecule has 5 nitrogen and oxygen atoms in total. The predicted octanol–water partition coefficient (Wildman–Crippen LogP) is 1.81. The van der Waals surface area contributed by atoms with Gasteiger partial charge in [-0.1, -0.05) is 19.8 Å². The number of nitrogens with two attached hydrogens (primary N) is 1. The maximum absolute atomic E-state index is 12.5. The smallest absolute Gasteiger partial charge is 0.240 e. The molecule has 20 heavy (non-hydrogen) atoms. The molecule has 5 heteroatoms. The minimum Gasteiger partial charge on any atom is -0.348 e. The van der Waals surface area contributed by atoms with Gasteiger partial charge in [0.25, 0.3) is 0 Å². The van der Waals surface area contributed by atoms with E-state index in [0.717, 1.165) is 30.5 Å². The van der Waals surface area contributed by atoms with Crippen LogP contribution in [-0.4, -0.2) is 21.2 Å². The number of carbonyl (C=O) groups is 1. The average Bonchev–Trinajstić information content (AvgIpc) is 2.69. The fourth-order valence-electron chi connectivity index (χ4n) is 3.16. The van der Waals surface area contributed by atoms with Crippen LogP contribution in [0.2, 0.25) is 0 Å². The molecule has 1 fully saturated rings. The summed E-state index contributed by atoms with van der Waals surface area (Å²) < 4.78 is 1.82. The van der Waals surface area contributed by atoms with Crippen molar-refractivity contribution in [1.82, 2.24) is 15.1 Å². The van der Waals surface area contributed by atoms with Crippen molar-refractivity contribution in [3.05, 3.63) is 17.5 Å². The highest BCUT2D eigenvalue weighted by Crippen LogP contribution is 2.31. The Morgan fingerprint density at radius 2 is 2.35 bits per heavy atom. The molecule has 1 heterocycles. The van der Waals surface area contributed by atoms with E-state index in [-0.39, 0.29) is 11.9 Å². The second kappa shape index (κ2) is 5.56. The summed E-state index contributed by atoms with van der Waals surface area (Å²) in [5.74, 6) is 0.495. The van der Waals surface area contributed by atoms with Crippen molar-refractivity contribution in [2.75, 3.05) is 0 Å². The van der Waals surface area contributed by atoms with Gasteiger partial charge in [-0.3, -0.25) is 9.48 Å². The summed E-state index contributed by atoms with van der Waals surface area (Å²) in [7, 11) is 1.90. The van der Waals surface area contributed by atoms with Gasteiger partial charge in [-0.2, -0.15) is 5.10 Å². The molecule has 112 valence electrons. The Labute approximate surface area is 120 Å². The van der Waals surface area contributed by atoms with Crippen molar-refractivity contribution < 1.29 is 4.79 Å². The normalized spacial score (nSPS) is 28.1. The van der Waals surface area contributed by atoms with E-state index in [0.29, 0.717) is 5.92 Å². The second-order valence-corrected chi connectivity index (χ2v) is 6.36. The number of nitrogens with zero attached hydrogens (tertiary/aromatic N) is 2. The number of hydrogen-bond acceptors (Lipinski definition) is 3. The first kappa shape index (κ1) is 15.0. The van der Waals surface area contributed by atoms with Crippen molar-refractivity contribution in [3.63, 3.8) is 0 Å². The maximum Gasteiger partial charge on any atom is 0.240 e. The van der Waals surface area contributed by atoms with E-state index in [2.05, 4.69) is 17.3 Å². The molecule has 0 saturated heterocycles. The fourth-order valence-corrected chi connectivity index (χ4v) is 3.16. The van der Waals surface area contributed by atoms with Gasteiger partial charge in [0.05, 0.1) is 17.8 Å². The monoisotopic (exact) mass is 278 g/mol. The number of carbonyl (C=O) groups excluding carboxylic acids is 1. The molecule has 0 spiro atoms. The highest BCUT2D eigenvalue weighted by atomic mass is 16.2. The zero-order valence-electron chi connectivity index (χ0n) is 12.9. The first-order valence-electron chi connectivity index (χ1n) is 7.42. The molecule has 1 aliphatic carbocycles. The average molecular weight is 278 g/mol. The minimum absolute atomic E-state index is 0.0280. The summed E-state index contributed by atoms with van der Waals surface area (Å²) in [4.78, 5) is 12.5. The van der Waals surface area contributed by atoms with Crippen molar-refractivity contribution in [3.8, 4) is 0 Å². The van der Waals surface area contributed by atoms with Crippen molar-refractivity contribution >= 4 is 5.91 Å². The van der Waals surface area contributed by atoms with Crippen LogP contribution in [0.15, 0.2) is 6.20 Å². The number of aryl methyl sites for hydroxylation is 1. The predicted molar refractivity (Wildman–Crippen MR) is 79.1 cm³/mol. The topological polar surface area (TPSA) is 72.9 Å². The third-order valence-electron chi connectivity index (χ3n) is 4.57. The highest BCUT2D eigenvalue weighted by Gasteiger charge is 2.38. The lowest BCUT2D eigenvalue weighted by atomic mass is 9.76. The van der Waals surface area contributed by atoms with Crippen LogP contribution in [0.25, 0.3) is 0 Å². The van der Waals surface area contributed by atoms with Gasteiger partial charge in [0.1, 0.15) is 0 Å². The summed E-state index contributed by atoms with van der Waals surface area (Å²) >= 11 is 0. The van der Waals surface area contributed by atoms with E-state index < -0.39 is 5.54 Å². The molecule has 1 saturated carbocycles. The van der Waals surface area contributed by atoms with E-state index >= 15 is 0 Å². The van der Waals surface area contributed by atoms with Crippen LogP contribution in [0.3, 0.4) is 0 Å². The standard InChI is InChI=1S/C15H26N4O/c1-10-6-5-7-15(16,8-10)14(20)18-11(2)13-9-17-19(4)12(13)3/h9-11H,5-8,16H2,1-4H3,(H,18,20). The highest BCUT2D eigenvalue weighted by molar-refractivity contribution is 5.86. The Morgan fingerprint density at radius 3 is 2.90 bits per heavy atom. The van der Waals surface area contributed by atoms with Gasteiger partial charge in [-0.05, 0) is 32.6 Å². The van der Waals surface area contributed by atoms with Gasteiger partial charge < -0.3 is 11.1 Å². The van der Waals surface area contributed by atoms with Gasteiger partial charge in [-0.15, -0.1) is 0 Å². The lowest BCUT2D eigenvalue weighted by molar-refractivity contribution is -0.128. The Hall–Kier alpha value is -1.36. The number of hydrogen-bond donors (Lipinski definition) is 2. The van der Waals surface area contributed by atoms with E-state index in [1.807, 2.05) is 31.8 Å². The van der Waals surface area contributed by atoms with E-state index in [1.54, 1.807) is 0 Å². The molecule has 3 N–H and O–H groups in total. The fraction of sp³-hybridized carbons (Fsp3) is 0.733. The molecule has 0 aromatic carbocycles. The van der Waals surface area contributed by atoms with Crippen molar-refractivity contribution in [2.45, 2.75) is 58.0 Å². The molecular weight excluding hydrogens is 252 g/mol. The van der Waals surface area contributed by atoms with Crippen LogP contribution in [-0.2, 0) is 11.8 Å². The zero-order chi connectivity index (χ0) is 14.9. The van der Waals surface area contributed by atoms with Gasteiger partial charge in [0.2, 0.25) is 5.91 Å². The molecule has 1 aromatic rings. The SMILES string of the molecule is Cc1c(C(C)NC(=O)C2(N)CCCC(C)C2)cnn1C. The zero-order valence-corrected chi connectivity index (χ0v) is 12.9. The summed E-state index contributed by atoms with van der Waals surface area (Å²) in [6.07, 6.45) is 5.57. The summed E-state index contributed by atoms with van der Waals surface area (Å²) in [6, 6.07) is -0.0612. The van der Waals surface area contributed by atoms with Crippen LogP contribution in [0.4, 0.5) is 0 Å². The second-order valence-electron chi connectivity index (χ2n) is 6.36. The molecular formula is C15H26N4O. The quantitative estimate of drug-likeness (QED) is 0.885. The van der Waals surface area contributed by atoms with Crippen LogP contribution in [0, 0.1) is 12.8 Å². The lowest BCUT2D eigenvalue weighted by Crippen LogP contribution is -2.56. The Bertz CT molecular complexity index is 496. The molecule has 0 bridgehead atoms. The molecule has 3 unspecified atom stereocenters. The molecule has 0 radical (unpaired) electrons. The summed E-state index contributed by atoms with van der Waals surface area (Å²) in [6.45, 7) is 6.16. The Balaban J connectivity index is 2.05. The van der Waals surface area contributed by atoms with E-state index in [1.165, 1.54) is 6.42 Å². The third kappa shape index (κ3) is 2.87. The summed E-state index contributed by atoms with van der Waals surface area (Å²) in [5.41, 5.74) is 7.74. The van der Waals surface area contributed by atoms with Gasteiger partial charge in [0, 0.05) is 18.3 Å². The van der Waals surface area contributed by atoms with Crippen LogP contribution in [0.5, 0.6) is 0 Å². The van der Waals surface area contributed by atoms with Gasteiger partial charge in [-0.25, -0.2) is 0 Å². The van der Waals surface area contributed by atoms with Crippen molar-refractivity contribution in [1.29, 1.82) is 0 Å². The third-order valence-corrected chi connectivity index (χ3v) is 4.57. The van der Waals surface area contributed by atoms with Crippen molar-refractivity contribution in [2.24, 2.45) is 18.7 Å². The molecule has 0 aliphatic heterocycles. The number of aromatic nitrogens is 2.